The summed E-state index contributed by atoms with van der Waals surface area (Å²) in [6.45, 7) is 6.13. The monoisotopic (exact) mass is 219 g/mol. The summed E-state index contributed by atoms with van der Waals surface area (Å²) in [4.78, 5) is 0. The Morgan fingerprint density at radius 2 is 2.06 bits per heavy atom. The first kappa shape index (κ1) is 12.4. The summed E-state index contributed by atoms with van der Waals surface area (Å²) >= 11 is 0. The van der Waals surface area contributed by atoms with E-state index in [1.807, 2.05) is 26.8 Å². The number of benzene rings is 1. The standard InChI is InChI=1S/C13H17NO2/c1-10-6-11(15)8-12(7-10)16-5-4-13(2,3)9-14/h6-8,15H,4-5H2,1-3H3. The van der Waals surface area contributed by atoms with Gasteiger partial charge >= 0.3 is 0 Å². The number of rotatable bonds is 4. The van der Waals surface area contributed by atoms with E-state index < -0.39 is 0 Å². The summed E-state index contributed by atoms with van der Waals surface area (Å²) in [5, 5.41) is 18.2. The fourth-order valence-electron chi connectivity index (χ4n) is 1.29. The number of hydrogen-bond acceptors (Lipinski definition) is 3. The van der Waals surface area contributed by atoms with E-state index in [1.54, 1.807) is 12.1 Å². The smallest absolute Gasteiger partial charge is 0.123 e. The maximum absolute atomic E-state index is 9.37. The van der Waals surface area contributed by atoms with Crippen LogP contribution in [0.2, 0.25) is 0 Å². The SMILES string of the molecule is Cc1cc(O)cc(OCCC(C)(C)C#N)c1. The molecule has 0 bridgehead atoms. The third-order valence-electron chi connectivity index (χ3n) is 2.33. The second kappa shape index (κ2) is 4.89. The molecule has 3 heteroatoms. The molecule has 0 aliphatic rings. The maximum Gasteiger partial charge on any atom is 0.123 e. The molecule has 3 nitrogen and oxygen atoms in total. The molecule has 0 spiro atoms. The third kappa shape index (κ3) is 3.82. The van der Waals surface area contributed by atoms with Gasteiger partial charge in [-0.2, -0.15) is 5.26 Å². The predicted octanol–water partition coefficient (Wildman–Crippen LogP) is 3.02. The van der Waals surface area contributed by atoms with E-state index in [-0.39, 0.29) is 11.2 Å². The summed E-state index contributed by atoms with van der Waals surface area (Å²) in [6, 6.07) is 7.33. The van der Waals surface area contributed by atoms with Crippen molar-refractivity contribution < 1.29 is 9.84 Å². The zero-order chi connectivity index (χ0) is 12.2. The van der Waals surface area contributed by atoms with Gasteiger partial charge in [0.05, 0.1) is 18.1 Å². The van der Waals surface area contributed by atoms with Crippen molar-refractivity contribution in [2.45, 2.75) is 27.2 Å². The second-order valence-electron chi connectivity index (χ2n) is 4.60. The first-order valence-electron chi connectivity index (χ1n) is 5.28. The van der Waals surface area contributed by atoms with Crippen molar-refractivity contribution in [2.24, 2.45) is 5.41 Å². The lowest BCUT2D eigenvalue weighted by Crippen LogP contribution is -2.13. The molecule has 0 amide bonds. The van der Waals surface area contributed by atoms with Crippen molar-refractivity contribution in [2.75, 3.05) is 6.61 Å². The van der Waals surface area contributed by atoms with Crippen molar-refractivity contribution >= 4 is 0 Å². The Labute approximate surface area is 96.3 Å². The topological polar surface area (TPSA) is 53.2 Å². The van der Waals surface area contributed by atoms with Gasteiger partial charge in [-0.1, -0.05) is 0 Å². The summed E-state index contributed by atoms with van der Waals surface area (Å²) in [6.07, 6.45) is 0.665. The zero-order valence-electron chi connectivity index (χ0n) is 9.95. The Bertz CT molecular complexity index is 385. The molecule has 0 aromatic heterocycles. The molecule has 0 saturated carbocycles. The fourth-order valence-corrected chi connectivity index (χ4v) is 1.29. The maximum atomic E-state index is 9.37. The lowest BCUT2D eigenvalue weighted by molar-refractivity contribution is 0.263. The van der Waals surface area contributed by atoms with Crippen LogP contribution in [0.1, 0.15) is 25.8 Å². The van der Waals surface area contributed by atoms with Gasteiger partial charge in [-0.05, 0) is 44.9 Å². The van der Waals surface area contributed by atoms with E-state index in [0.29, 0.717) is 18.8 Å². The molecule has 1 rings (SSSR count). The quantitative estimate of drug-likeness (QED) is 0.846. The molecule has 0 aliphatic carbocycles. The number of nitriles is 1. The fraction of sp³-hybridized carbons (Fsp3) is 0.462. The molecule has 0 fully saturated rings. The van der Waals surface area contributed by atoms with Crippen LogP contribution in [0, 0.1) is 23.7 Å². The van der Waals surface area contributed by atoms with Crippen molar-refractivity contribution in [1.29, 1.82) is 5.26 Å². The van der Waals surface area contributed by atoms with E-state index >= 15 is 0 Å². The minimum Gasteiger partial charge on any atom is -0.508 e. The van der Waals surface area contributed by atoms with Crippen molar-refractivity contribution in [3.05, 3.63) is 23.8 Å². The van der Waals surface area contributed by atoms with Crippen molar-refractivity contribution in [3.8, 4) is 17.6 Å². The largest absolute Gasteiger partial charge is 0.508 e. The summed E-state index contributed by atoms with van der Waals surface area (Å²) in [7, 11) is 0. The molecule has 0 atom stereocenters. The van der Waals surface area contributed by atoms with Gasteiger partial charge in [-0.3, -0.25) is 0 Å². The number of phenols is 1. The predicted molar refractivity (Wildman–Crippen MR) is 62.3 cm³/mol. The number of hydrogen-bond donors (Lipinski definition) is 1. The zero-order valence-corrected chi connectivity index (χ0v) is 9.95. The van der Waals surface area contributed by atoms with Crippen LogP contribution in [0.25, 0.3) is 0 Å². The molecular weight excluding hydrogens is 202 g/mol. The van der Waals surface area contributed by atoms with Gasteiger partial charge in [0.1, 0.15) is 11.5 Å². The molecule has 1 aromatic carbocycles. The van der Waals surface area contributed by atoms with Gasteiger partial charge in [0, 0.05) is 6.07 Å². The molecule has 1 aromatic rings. The molecule has 1 N–H and O–H groups in total. The summed E-state index contributed by atoms with van der Waals surface area (Å²) in [5.74, 6) is 0.848. The summed E-state index contributed by atoms with van der Waals surface area (Å²) < 4.78 is 5.49. The average molecular weight is 219 g/mol. The lowest BCUT2D eigenvalue weighted by atomic mass is 9.92. The van der Waals surface area contributed by atoms with E-state index in [4.69, 9.17) is 10.00 Å². The van der Waals surface area contributed by atoms with Gasteiger partial charge < -0.3 is 9.84 Å². The lowest BCUT2D eigenvalue weighted by Gasteiger charge is -2.15. The number of aromatic hydroxyl groups is 1. The Morgan fingerprint density at radius 3 is 2.62 bits per heavy atom. The van der Waals surface area contributed by atoms with E-state index in [1.165, 1.54) is 0 Å². The number of ether oxygens (including phenoxy) is 1. The van der Waals surface area contributed by atoms with E-state index in [2.05, 4.69) is 6.07 Å². The Morgan fingerprint density at radius 1 is 1.38 bits per heavy atom. The highest BCUT2D eigenvalue weighted by atomic mass is 16.5. The van der Waals surface area contributed by atoms with E-state index in [0.717, 1.165) is 5.56 Å². The molecule has 86 valence electrons. The van der Waals surface area contributed by atoms with Crippen LogP contribution in [-0.4, -0.2) is 11.7 Å². The molecule has 0 unspecified atom stereocenters. The number of phenolic OH excluding ortho intramolecular Hbond substituents is 1. The minimum absolute atomic E-state index is 0.203. The normalized spacial score (nSPS) is 10.9. The Kier molecular flexibility index (Phi) is 3.78. The van der Waals surface area contributed by atoms with Crippen LogP contribution >= 0.6 is 0 Å². The van der Waals surface area contributed by atoms with Crippen LogP contribution in [0.3, 0.4) is 0 Å². The molecular formula is C13H17NO2. The van der Waals surface area contributed by atoms with Crippen LogP contribution in [0.4, 0.5) is 0 Å². The average Bonchev–Trinajstić information content (AvgIpc) is 2.16. The third-order valence-corrected chi connectivity index (χ3v) is 2.33. The second-order valence-corrected chi connectivity index (χ2v) is 4.60. The van der Waals surface area contributed by atoms with Gasteiger partial charge in [-0.15, -0.1) is 0 Å². The molecule has 0 heterocycles. The highest BCUT2D eigenvalue weighted by Gasteiger charge is 2.16. The van der Waals surface area contributed by atoms with Gasteiger partial charge in [0.15, 0.2) is 0 Å². The van der Waals surface area contributed by atoms with Crippen LogP contribution in [0.15, 0.2) is 18.2 Å². The molecule has 0 aliphatic heterocycles. The molecule has 0 saturated heterocycles. The van der Waals surface area contributed by atoms with Gasteiger partial charge in [0.2, 0.25) is 0 Å². The highest BCUT2D eigenvalue weighted by molar-refractivity contribution is 5.36. The number of aryl methyl sites for hydroxylation is 1. The van der Waals surface area contributed by atoms with Crippen LogP contribution in [0.5, 0.6) is 11.5 Å². The number of nitrogens with zero attached hydrogens (tertiary/aromatic N) is 1. The minimum atomic E-state index is -0.369. The van der Waals surface area contributed by atoms with E-state index in [9.17, 15) is 5.11 Å². The first-order chi connectivity index (χ1) is 7.43. The van der Waals surface area contributed by atoms with Crippen LogP contribution in [-0.2, 0) is 0 Å². The summed E-state index contributed by atoms with van der Waals surface area (Å²) in [5.41, 5.74) is 0.584. The van der Waals surface area contributed by atoms with Gasteiger partial charge in [0.25, 0.3) is 0 Å². The van der Waals surface area contributed by atoms with Crippen LogP contribution < -0.4 is 4.74 Å². The van der Waals surface area contributed by atoms with Crippen molar-refractivity contribution in [3.63, 3.8) is 0 Å². The van der Waals surface area contributed by atoms with Crippen molar-refractivity contribution in [1.82, 2.24) is 0 Å². The first-order valence-corrected chi connectivity index (χ1v) is 5.28. The molecule has 16 heavy (non-hydrogen) atoms. The Hall–Kier alpha value is -1.69. The Balaban J connectivity index is 2.53. The highest BCUT2D eigenvalue weighted by Crippen LogP contribution is 2.23. The molecule has 0 radical (unpaired) electrons. The van der Waals surface area contributed by atoms with Gasteiger partial charge in [-0.25, -0.2) is 0 Å².